The molecular formula is C30H37N5O2. The number of aromatic nitrogens is 1. The quantitative estimate of drug-likeness (QED) is 0.391. The minimum atomic E-state index is 0.344. The number of hydrogen-bond acceptors (Lipinski definition) is 7. The van der Waals surface area contributed by atoms with Crippen LogP contribution in [-0.4, -0.2) is 67.3 Å². The summed E-state index contributed by atoms with van der Waals surface area (Å²) in [5, 5.41) is 14.3. The molecule has 0 radical (unpaired) electrons. The van der Waals surface area contributed by atoms with Gasteiger partial charge in [-0.05, 0) is 62.9 Å². The molecule has 2 saturated heterocycles. The highest BCUT2D eigenvalue weighted by Crippen LogP contribution is 2.36. The molecule has 2 fully saturated rings. The predicted molar refractivity (Wildman–Crippen MR) is 147 cm³/mol. The number of anilines is 1. The third kappa shape index (κ3) is 6.51. The van der Waals surface area contributed by atoms with Gasteiger partial charge in [0.05, 0.1) is 19.2 Å². The fourth-order valence-electron chi connectivity index (χ4n) is 5.46. The summed E-state index contributed by atoms with van der Waals surface area (Å²) in [6.45, 7) is 7.15. The van der Waals surface area contributed by atoms with E-state index in [1.165, 1.54) is 31.5 Å². The molecule has 0 amide bonds. The summed E-state index contributed by atoms with van der Waals surface area (Å²) in [6, 6.07) is 19.0. The Morgan fingerprint density at radius 1 is 1.00 bits per heavy atom. The Kier molecular flexibility index (Phi) is 8.39. The van der Waals surface area contributed by atoms with Gasteiger partial charge in [0.2, 0.25) is 0 Å². The molecule has 1 aromatic heterocycles. The summed E-state index contributed by atoms with van der Waals surface area (Å²) in [4.78, 5) is 9.58. The van der Waals surface area contributed by atoms with Gasteiger partial charge in [-0.3, -0.25) is 4.90 Å². The van der Waals surface area contributed by atoms with Crippen molar-refractivity contribution in [3.8, 4) is 17.6 Å². The molecule has 0 atom stereocenters. The van der Waals surface area contributed by atoms with Crippen LogP contribution in [0.4, 0.5) is 5.69 Å². The molecule has 1 N–H and O–H groups in total. The van der Waals surface area contributed by atoms with Crippen LogP contribution in [-0.2, 0) is 6.54 Å². The number of pyridine rings is 1. The molecule has 7 heteroatoms. The number of nitrogens with one attached hydrogen (secondary N) is 1. The van der Waals surface area contributed by atoms with Crippen LogP contribution >= 0.6 is 0 Å². The highest BCUT2D eigenvalue weighted by Gasteiger charge is 2.21. The van der Waals surface area contributed by atoms with Crippen LogP contribution in [0, 0.1) is 11.3 Å². The number of hydrogen-bond donors (Lipinski definition) is 1. The molecule has 0 saturated carbocycles. The number of benzene rings is 2. The second-order valence-corrected chi connectivity index (χ2v) is 10.1. The van der Waals surface area contributed by atoms with Crippen molar-refractivity contribution >= 4 is 16.6 Å². The van der Waals surface area contributed by atoms with Crippen molar-refractivity contribution in [2.75, 3.05) is 51.8 Å². The Bertz CT molecular complexity index is 1210. The maximum atomic E-state index is 9.64. The fraction of sp³-hybridized carbons (Fsp3) is 0.467. The third-order valence-electron chi connectivity index (χ3n) is 7.48. The molecule has 0 bridgehead atoms. The van der Waals surface area contributed by atoms with E-state index in [9.17, 15) is 5.26 Å². The smallest absolute Gasteiger partial charge is 0.163 e. The van der Waals surface area contributed by atoms with E-state index in [0.717, 1.165) is 62.0 Å². The Morgan fingerprint density at radius 2 is 1.78 bits per heavy atom. The van der Waals surface area contributed by atoms with E-state index < -0.39 is 0 Å². The second-order valence-electron chi connectivity index (χ2n) is 10.1. The topological polar surface area (TPSA) is 73.6 Å². The highest BCUT2D eigenvalue weighted by molar-refractivity contribution is 5.94. The normalized spacial score (nSPS) is 17.1. The number of ether oxygens (including phenoxy) is 2. The molecule has 2 aliphatic heterocycles. The molecule has 2 aliphatic rings. The molecule has 194 valence electrons. The molecule has 0 spiro atoms. The standard InChI is InChI=1S/C30H37N5O2/c1-36-29-19-26-27(32-24-10-15-35(16-11-24)22-23-8-3-2-4-9-23)18-25(21-31)33-28(26)20-30(29)37-17-7-14-34-12-5-6-13-34/h2-4,8-9,18-20,24H,5-7,10-17,22H2,1H3,(H,32,33). The van der Waals surface area contributed by atoms with Crippen LogP contribution < -0.4 is 14.8 Å². The van der Waals surface area contributed by atoms with E-state index in [0.29, 0.717) is 29.8 Å². The van der Waals surface area contributed by atoms with Gasteiger partial charge in [-0.1, -0.05) is 30.3 Å². The highest BCUT2D eigenvalue weighted by atomic mass is 16.5. The zero-order valence-electron chi connectivity index (χ0n) is 21.8. The minimum Gasteiger partial charge on any atom is -0.493 e. The number of piperidine rings is 1. The lowest BCUT2D eigenvalue weighted by molar-refractivity contribution is 0.211. The third-order valence-corrected chi connectivity index (χ3v) is 7.48. The van der Waals surface area contributed by atoms with Crippen molar-refractivity contribution in [1.82, 2.24) is 14.8 Å². The van der Waals surface area contributed by atoms with Crippen molar-refractivity contribution in [3.63, 3.8) is 0 Å². The van der Waals surface area contributed by atoms with E-state index in [2.05, 4.69) is 56.5 Å². The van der Waals surface area contributed by atoms with E-state index in [-0.39, 0.29) is 0 Å². The zero-order valence-corrected chi connectivity index (χ0v) is 21.8. The first-order chi connectivity index (χ1) is 18.2. The second kappa shape index (κ2) is 12.3. The number of likely N-dealkylation sites (tertiary alicyclic amines) is 2. The molecule has 7 nitrogen and oxygen atoms in total. The van der Waals surface area contributed by atoms with Crippen molar-refractivity contribution < 1.29 is 9.47 Å². The number of rotatable bonds is 10. The van der Waals surface area contributed by atoms with Crippen LogP contribution in [0.25, 0.3) is 10.9 Å². The zero-order chi connectivity index (χ0) is 25.5. The Labute approximate surface area is 220 Å². The SMILES string of the molecule is COc1cc2c(NC3CCN(Cc4ccccc4)CC3)cc(C#N)nc2cc1OCCCN1CCCC1. The summed E-state index contributed by atoms with van der Waals surface area (Å²) in [5.74, 6) is 1.38. The first kappa shape index (κ1) is 25.3. The molecule has 5 rings (SSSR count). The van der Waals surface area contributed by atoms with Gasteiger partial charge >= 0.3 is 0 Å². The van der Waals surface area contributed by atoms with Gasteiger partial charge in [-0.2, -0.15) is 5.26 Å². The summed E-state index contributed by atoms with van der Waals surface area (Å²) in [6.07, 6.45) is 5.68. The maximum Gasteiger partial charge on any atom is 0.163 e. The van der Waals surface area contributed by atoms with Gasteiger partial charge in [0.1, 0.15) is 11.8 Å². The lowest BCUT2D eigenvalue weighted by atomic mass is 10.0. The summed E-state index contributed by atoms with van der Waals surface area (Å²) in [7, 11) is 1.67. The largest absolute Gasteiger partial charge is 0.493 e. The lowest BCUT2D eigenvalue weighted by Crippen LogP contribution is -2.38. The monoisotopic (exact) mass is 499 g/mol. The molecule has 0 aliphatic carbocycles. The first-order valence-corrected chi connectivity index (χ1v) is 13.5. The summed E-state index contributed by atoms with van der Waals surface area (Å²) >= 11 is 0. The number of fused-ring (bicyclic) bond motifs is 1. The summed E-state index contributed by atoms with van der Waals surface area (Å²) in [5.41, 5.74) is 3.44. The van der Waals surface area contributed by atoms with Gasteiger partial charge in [-0.25, -0.2) is 4.98 Å². The molecule has 3 aromatic rings. The molecule has 2 aromatic carbocycles. The fourth-order valence-corrected chi connectivity index (χ4v) is 5.46. The molecular weight excluding hydrogens is 462 g/mol. The van der Waals surface area contributed by atoms with Crippen LogP contribution in [0.15, 0.2) is 48.5 Å². The van der Waals surface area contributed by atoms with E-state index in [1.54, 1.807) is 7.11 Å². The van der Waals surface area contributed by atoms with Gasteiger partial charge in [-0.15, -0.1) is 0 Å². The number of nitriles is 1. The van der Waals surface area contributed by atoms with E-state index in [1.807, 2.05) is 18.2 Å². The Balaban J connectivity index is 1.26. The van der Waals surface area contributed by atoms with Crippen molar-refractivity contribution in [1.29, 1.82) is 5.26 Å². The van der Waals surface area contributed by atoms with Gasteiger partial charge in [0.15, 0.2) is 11.5 Å². The van der Waals surface area contributed by atoms with Gasteiger partial charge in [0, 0.05) is 49.4 Å². The maximum absolute atomic E-state index is 9.64. The lowest BCUT2D eigenvalue weighted by Gasteiger charge is -2.33. The van der Waals surface area contributed by atoms with Crippen molar-refractivity contribution in [2.45, 2.75) is 44.7 Å². The minimum absolute atomic E-state index is 0.344. The first-order valence-electron chi connectivity index (χ1n) is 13.5. The molecule has 3 heterocycles. The predicted octanol–water partition coefficient (Wildman–Crippen LogP) is 5.06. The van der Waals surface area contributed by atoms with Crippen molar-refractivity contribution in [2.24, 2.45) is 0 Å². The summed E-state index contributed by atoms with van der Waals surface area (Å²) < 4.78 is 11.8. The Morgan fingerprint density at radius 3 is 2.51 bits per heavy atom. The van der Waals surface area contributed by atoms with Gasteiger partial charge < -0.3 is 19.7 Å². The van der Waals surface area contributed by atoms with E-state index >= 15 is 0 Å². The molecule has 37 heavy (non-hydrogen) atoms. The Hall–Kier alpha value is -3.34. The van der Waals surface area contributed by atoms with Gasteiger partial charge in [0.25, 0.3) is 0 Å². The van der Waals surface area contributed by atoms with Crippen molar-refractivity contribution in [3.05, 3.63) is 59.8 Å². The number of nitrogens with zero attached hydrogens (tertiary/aromatic N) is 4. The van der Waals surface area contributed by atoms with Crippen LogP contribution in [0.1, 0.15) is 43.4 Å². The average Bonchev–Trinajstić information content (AvgIpc) is 3.46. The average molecular weight is 500 g/mol. The molecule has 0 unspecified atom stereocenters. The van der Waals surface area contributed by atoms with Crippen LogP contribution in [0.5, 0.6) is 11.5 Å². The van der Waals surface area contributed by atoms with Crippen LogP contribution in [0.2, 0.25) is 0 Å². The number of methoxy groups -OCH3 is 1. The van der Waals surface area contributed by atoms with Crippen LogP contribution in [0.3, 0.4) is 0 Å². The van der Waals surface area contributed by atoms with E-state index in [4.69, 9.17) is 9.47 Å².